The molecule has 25 heavy (non-hydrogen) atoms. The summed E-state index contributed by atoms with van der Waals surface area (Å²) in [5, 5.41) is 0. The van der Waals surface area contributed by atoms with Crippen LogP contribution in [0.3, 0.4) is 0 Å². The van der Waals surface area contributed by atoms with Crippen molar-refractivity contribution < 1.29 is 0 Å². The van der Waals surface area contributed by atoms with Gasteiger partial charge in [-0.05, 0) is 55.7 Å². The summed E-state index contributed by atoms with van der Waals surface area (Å²) in [6.07, 6.45) is 9.22. The Labute approximate surface area is 148 Å². The Morgan fingerprint density at radius 3 is 2.64 bits per heavy atom. The van der Waals surface area contributed by atoms with Crippen LogP contribution in [0.15, 0.2) is 55.0 Å². The molecule has 1 saturated heterocycles. The predicted molar refractivity (Wildman–Crippen MR) is 99.7 cm³/mol. The van der Waals surface area contributed by atoms with Crippen LogP contribution >= 0.6 is 0 Å². The molecular weight excluding hydrogens is 308 g/mol. The van der Waals surface area contributed by atoms with Gasteiger partial charge in [-0.25, -0.2) is 4.98 Å². The van der Waals surface area contributed by atoms with Gasteiger partial charge in [-0.1, -0.05) is 30.3 Å². The molecule has 0 amide bonds. The third kappa shape index (κ3) is 2.48. The van der Waals surface area contributed by atoms with E-state index in [4.69, 9.17) is 0 Å². The SMILES string of the molecule is CN1CC(c2ccc3nccn3c2)c2ccccc2C1N1CCCC1. The second kappa shape index (κ2) is 5.97. The minimum absolute atomic E-state index is 0.409. The number of nitrogens with zero attached hydrogens (tertiary/aromatic N) is 4. The number of pyridine rings is 1. The first-order valence-electron chi connectivity index (χ1n) is 9.27. The Kier molecular flexibility index (Phi) is 3.61. The van der Waals surface area contributed by atoms with Gasteiger partial charge in [0.05, 0.1) is 6.17 Å². The van der Waals surface area contributed by atoms with Gasteiger partial charge in [0.25, 0.3) is 0 Å². The zero-order chi connectivity index (χ0) is 16.8. The molecule has 1 fully saturated rings. The van der Waals surface area contributed by atoms with Gasteiger partial charge in [0.1, 0.15) is 5.65 Å². The standard InChI is InChI=1S/C21H24N4/c1-23-15-19(16-8-9-20-22-10-13-25(20)14-16)17-6-2-3-7-18(17)21(23)24-11-4-5-12-24/h2-3,6-10,13-14,19,21H,4-5,11-12,15H2,1H3. The quantitative estimate of drug-likeness (QED) is 0.718. The third-order valence-electron chi connectivity index (χ3n) is 5.84. The highest BCUT2D eigenvalue weighted by Crippen LogP contribution is 2.41. The highest BCUT2D eigenvalue weighted by molar-refractivity contribution is 5.45. The van der Waals surface area contributed by atoms with Crippen molar-refractivity contribution in [3.8, 4) is 0 Å². The van der Waals surface area contributed by atoms with Crippen LogP contribution < -0.4 is 0 Å². The number of imidazole rings is 1. The molecule has 0 bridgehead atoms. The minimum atomic E-state index is 0.409. The van der Waals surface area contributed by atoms with Crippen LogP contribution in [-0.4, -0.2) is 45.9 Å². The van der Waals surface area contributed by atoms with Crippen molar-refractivity contribution in [3.63, 3.8) is 0 Å². The van der Waals surface area contributed by atoms with Gasteiger partial charge < -0.3 is 4.40 Å². The lowest BCUT2D eigenvalue weighted by Crippen LogP contribution is -2.44. The highest BCUT2D eigenvalue weighted by Gasteiger charge is 2.35. The fourth-order valence-corrected chi connectivity index (χ4v) is 4.68. The van der Waals surface area contributed by atoms with E-state index in [1.165, 1.54) is 42.6 Å². The Bertz CT molecular complexity index is 894. The maximum Gasteiger partial charge on any atom is 0.136 e. The molecule has 2 aromatic heterocycles. The molecule has 2 aliphatic heterocycles. The zero-order valence-corrected chi connectivity index (χ0v) is 14.7. The first-order chi connectivity index (χ1) is 12.3. The third-order valence-corrected chi connectivity index (χ3v) is 5.84. The summed E-state index contributed by atoms with van der Waals surface area (Å²) in [5.74, 6) is 0.409. The van der Waals surface area contributed by atoms with Gasteiger partial charge in [0.15, 0.2) is 0 Å². The molecule has 0 radical (unpaired) electrons. The highest BCUT2D eigenvalue weighted by atomic mass is 15.4. The number of rotatable bonds is 2. The molecule has 2 unspecified atom stereocenters. The van der Waals surface area contributed by atoms with Crippen molar-refractivity contribution in [1.82, 2.24) is 19.2 Å². The van der Waals surface area contributed by atoms with Gasteiger partial charge in [0.2, 0.25) is 0 Å². The molecule has 128 valence electrons. The molecule has 4 heterocycles. The number of fused-ring (bicyclic) bond motifs is 2. The monoisotopic (exact) mass is 332 g/mol. The van der Waals surface area contributed by atoms with Crippen molar-refractivity contribution in [3.05, 3.63) is 71.7 Å². The fourth-order valence-electron chi connectivity index (χ4n) is 4.68. The molecule has 1 aromatic carbocycles. The Morgan fingerprint density at radius 2 is 1.80 bits per heavy atom. The lowest BCUT2D eigenvalue weighted by molar-refractivity contribution is 0.0669. The van der Waals surface area contributed by atoms with E-state index in [1.807, 2.05) is 12.4 Å². The first kappa shape index (κ1) is 15.1. The fraction of sp³-hybridized carbons (Fsp3) is 0.381. The Balaban J connectivity index is 1.59. The van der Waals surface area contributed by atoms with Crippen LogP contribution in [0.1, 0.15) is 41.6 Å². The smallest absolute Gasteiger partial charge is 0.136 e. The normalized spacial score (nSPS) is 24.7. The number of benzene rings is 1. The van der Waals surface area contributed by atoms with Gasteiger partial charge in [-0.15, -0.1) is 0 Å². The molecule has 0 aliphatic carbocycles. The van der Waals surface area contributed by atoms with Crippen molar-refractivity contribution in [1.29, 1.82) is 0 Å². The van der Waals surface area contributed by atoms with Crippen molar-refractivity contribution in [2.75, 3.05) is 26.7 Å². The summed E-state index contributed by atoms with van der Waals surface area (Å²) >= 11 is 0. The van der Waals surface area contributed by atoms with Gasteiger partial charge in [0, 0.05) is 31.1 Å². The Hall–Kier alpha value is -2.17. The largest absolute Gasteiger partial charge is 0.307 e. The lowest BCUT2D eigenvalue weighted by Gasteiger charge is -2.43. The van der Waals surface area contributed by atoms with E-state index in [0.29, 0.717) is 12.1 Å². The molecule has 0 N–H and O–H groups in total. The van der Waals surface area contributed by atoms with E-state index in [9.17, 15) is 0 Å². The molecule has 0 spiro atoms. The molecular formula is C21H24N4. The maximum absolute atomic E-state index is 4.37. The summed E-state index contributed by atoms with van der Waals surface area (Å²) in [4.78, 5) is 9.56. The molecule has 4 nitrogen and oxygen atoms in total. The second-order valence-corrected chi connectivity index (χ2v) is 7.39. The predicted octanol–water partition coefficient (Wildman–Crippen LogP) is 3.51. The van der Waals surface area contributed by atoms with Gasteiger partial charge in [-0.2, -0.15) is 0 Å². The van der Waals surface area contributed by atoms with Crippen LogP contribution in [0.5, 0.6) is 0 Å². The van der Waals surface area contributed by atoms with Crippen LogP contribution in [0.25, 0.3) is 5.65 Å². The van der Waals surface area contributed by atoms with E-state index >= 15 is 0 Å². The summed E-state index contributed by atoms with van der Waals surface area (Å²) in [7, 11) is 2.28. The number of likely N-dealkylation sites (tertiary alicyclic amines) is 1. The molecule has 4 heteroatoms. The van der Waals surface area contributed by atoms with Gasteiger partial charge in [-0.3, -0.25) is 9.80 Å². The van der Waals surface area contributed by atoms with E-state index in [-0.39, 0.29) is 0 Å². The minimum Gasteiger partial charge on any atom is -0.307 e. The number of aromatic nitrogens is 2. The lowest BCUT2D eigenvalue weighted by atomic mass is 9.83. The van der Waals surface area contributed by atoms with Crippen LogP contribution in [0.2, 0.25) is 0 Å². The van der Waals surface area contributed by atoms with Crippen molar-refractivity contribution in [2.45, 2.75) is 24.9 Å². The molecule has 3 aromatic rings. The van der Waals surface area contributed by atoms with Crippen molar-refractivity contribution in [2.24, 2.45) is 0 Å². The number of hydrogen-bond donors (Lipinski definition) is 0. The molecule has 2 atom stereocenters. The number of likely N-dealkylation sites (N-methyl/N-ethyl adjacent to an activating group) is 1. The summed E-state index contributed by atoms with van der Waals surface area (Å²) < 4.78 is 2.13. The van der Waals surface area contributed by atoms with Crippen molar-refractivity contribution >= 4 is 5.65 Å². The Morgan fingerprint density at radius 1 is 1.00 bits per heavy atom. The van der Waals surface area contributed by atoms with Crippen LogP contribution in [-0.2, 0) is 0 Å². The topological polar surface area (TPSA) is 23.8 Å². The molecule has 5 rings (SSSR count). The van der Waals surface area contributed by atoms with Crippen LogP contribution in [0, 0.1) is 0 Å². The van der Waals surface area contributed by atoms with Gasteiger partial charge >= 0.3 is 0 Å². The van der Waals surface area contributed by atoms with E-state index < -0.39 is 0 Å². The van der Waals surface area contributed by atoms with E-state index in [0.717, 1.165) is 12.2 Å². The molecule has 0 saturated carbocycles. The summed E-state index contributed by atoms with van der Waals surface area (Å²) in [5.41, 5.74) is 5.34. The van der Waals surface area contributed by atoms with E-state index in [1.54, 1.807) is 0 Å². The molecule has 2 aliphatic rings. The van der Waals surface area contributed by atoms with E-state index in [2.05, 4.69) is 68.8 Å². The number of hydrogen-bond acceptors (Lipinski definition) is 3. The maximum atomic E-state index is 4.37. The summed E-state index contributed by atoms with van der Waals surface area (Å²) in [6.45, 7) is 3.49. The summed E-state index contributed by atoms with van der Waals surface area (Å²) in [6, 6.07) is 13.4. The average Bonchev–Trinajstić information content (AvgIpc) is 3.32. The van der Waals surface area contributed by atoms with Crippen LogP contribution in [0.4, 0.5) is 0 Å². The average molecular weight is 332 g/mol. The first-order valence-corrected chi connectivity index (χ1v) is 9.27. The second-order valence-electron chi connectivity index (χ2n) is 7.39. The zero-order valence-electron chi connectivity index (χ0n) is 14.7.